The molecule has 0 radical (unpaired) electrons. The molecule has 2 aliphatic rings. The maximum absolute atomic E-state index is 5.46. The Kier molecular flexibility index (Phi) is 5.89. The number of ether oxygens (including phenoxy) is 2. The summed E-state index contributed by atoms with van der Waals surface area (Å²) in [5, 5.41) is 3.62. The molecule has 0 spiro atoms. The van der Waals surface area contributed by atoms with Gasteiger partial charge in [-0.25, -0.2) is 0 Å². The average molecular weight is 256 g/mol. The van der Waals surface area contributed by atoms with Crippen LogP contribution in [0.4, 0.5) is 0 Å². The Morgan fingerprint density at radius 1 is 1.11 bits per heavy atom. The Hall–Kier alpha value is -0.160. The minimum atomic E-state index is 0.253. The third-order valence-electron chi connectivity index (χ3n) is 4.34. The van der Waals surface area contributed by atoms with E-state index in [1.807, 2.05) is 0 Å². The van der Waals surface area contributed by atoms with E-state index in [4.69, 9.17) is 9.47 Å². The summed E-state index contributed by atoms with van der Waals surface area (Å²) in [6.07, 6.45) is 7.22. The van der Waals surface area contributed by atoms with Crippen LogP contribution < -0.4 is 5.32 Å². The van der Waals surface area contributed by atoms with Gasteiger partial charge in [0.15, 0.2) is 0 Å². The summed E-state index contributed by atoms with van der Waals surface area (Å²) in [4.78, 5) is 2.48. The molecule has 3 unspecified atom stereocenters. The average Bonchev–Trinajstić information content (AvgIpc) is 2.82. The van der Waals surface area contributed by atoms with Crippen LogP contribution in [0.3, 0.4) is 0 Å². The van der Waals surface area contributed by atoms with Gasteiger partial charge in [0, 0.05) is 33.4 Å². The summed E-state index contributed by atoms with van der Waals surface area (Å²) in [7, 11) is 3.57. The first-order valence-corrected chi connectivity index (χ1v) is 7.35. The van der Waals surface area contributed by atoms with E-state index in [0.717, 1.165) is 19.1 Å². The van der Waals surface area contributed by atoms with Gasteiger partial charge in [-0.1, -0.05) is 6.42 Å². The SMILES string of the molecule is COC1CN(CCCC2CCCCN2)CC1OC. The van der Waals surface area contributed by atoms with Crippen LogP contribution in [0.5, 0.6) is 0 Å². The molecule has 0 aromatic rings. The highest BCUT2D eigenvalue weighted by Crippen LogP contribution is 2.17. The van der Waals surface area contributed by atoms with E-state index in [9.17, 15) is 0 Å². The maximum Gasteiger partial charge on any atom is 0.0971 e. The van der Waals surface area contributed by atoms with Gasteiger partial charge >= 0.3 is 0 Å². The molecule has 0 amide bonds. The van der Waals surface area contributed by atoms with E-state index in [0.29, 0.717) is 0 Å². The summed E-state index contributed by atoms with van der Waals surface area (Å²) in [6.45, 7) is 4.43. The Morgan fingerprint density at radius 2 is 1.83 bits per heavy atom. The van der Waals surface area contributed by atoms with Crippen molar-refractivity contribution in [2.45, 2.75) is 50.4 Å². The van der Waals surface area contributed by atoms with Gasteiger partial charge in [0.25, 0.3) is 0 Å². The number of nitrogens with zero attached hydrogens (tertiary/aromatic N) is 1. The second-order valence-corrected chi connectivity index (χ2v) is 5.60. The van der Waals surface area contributed by atoms with Crippen LogP contribution in [-0.2, 0) is 9.47 Å². The van der Waals surface area contributed by atoms with E-state index in [2.05, 4.69) is 10.2 Å². The molecule has 3 atom stereocenters. The van der Waals surface area contributed by atoms with Gasteiger partial charge in [0.1, 0.15) is 0 Å². The Balaban J connectivity index is 1.62. The number of rotatable bonds is 6. The lowest BCUT2D eigenvalue weighted by Gasteiger charge is -2.24. The van der Waals surface area contributed by atoms with Gasteiger partial charge < -0.3 is 14.8 Å². The third kappa shape index (κ3) is 3.92. The van der Waals surface area contributed by atoms with E-state index in [-0.39, 0.29) is 12.2 Å². The second kappa shape index (κ2) is 7.43. The lowest BCUT2D eigenvalue weighted by atomic mass is 10.0. The summed E-state index contributed by atoms with van der Waals surface area (Å²) in [6, 6.07) is 0.762. The van der Waals surface area contributed by atoms with Crippen LogP contribution >= 0.6 is 0 Å². The molecule has 4 nitrogen and oxygen atoms in total. The van der Waals surface area contributed by atoms with Crippen LogP contribution in [-0.4, -0.2) is 63.5 Å². The van der Waals surface area contributed by atoms with E-state index in [1.54, 1.807) is 14.2 Å². The highest BCUT2D eigenvalue weighted by molar-refractivity contribution is 4.85. The Morgan fingerprint density at radius 3 is 2.39 bits per heavy atom. The van der Waals surface area contributed by atoms with Crippen molar-refractivity contribution in [2.75, 3.05) is 40.4 Å². The third-order valence-corrected chi connectivity index (χ3v) is 4.34. The lowest BCUT2D eigenvalue weighted by molar-refractivity contribution is -0.00461. The molecule has 18 heavy (non-hydrogen) atoms. The fraction of sp³-hybridized carbons (Fsp3) is 1.00. The van der Waals surface area contributed by atoms with Crippen molar-refractivity contribution >= 4 is 0 Å². The normalized spacial score (nSPS) is 34.0. The van der Waals surface area contributed by atoms with Crippen LogP contribution in [0.25, 0.3) is 0 Å². The molecule has 0 aromatic carbocycles. The number of hydrogen-bond acceptors (Lipinski definition) is 4. The van der Waals surface area contributed by atoms with Crippen LogP contribution in [0.1, 0.15) is 32.1 Å². The van der Waals surface area contributed by atoms with Crippen LogP contribution in [0.15, 0.2) is 0 Å². The fourth-order valence-electron chi connectivity index (χ4n) is 3.19. The molecule has 2 rings (SSSR count). The molecular formula is C14H28N2O2. The zero-order valence-corrected chi connectivity index (χ0v) is 11.9. The summed E-state index contributed by atoms with van der Waals surface area (Å²) < 4.78 is 10.9. The first-order valence-electron chi connectivity index (χ1n) is 7.35. The van der Waals surface area contributed by atoms with Gasteiger partial charge in [-0.3, -0.25) is 4.90 Å². The standard InChI is InChI=1S/C14H28N2O2/c1-17-13-10-16(11-14(13)18-2)9-5-7-12-6-3-4-8-15-12/h12-15H,3-11H2,1-2H3. The van der Waals surface area contributed by atoms with Crippen molar-refractivity contribution in [3.05, 3.63) is 0 Å². The van der Waals surface area contributed by atoms with E-state index >= 15 is 0 Å². The minimum absolute atomic E-state index is 0.253. The molecule has 0 saturated carbocycles. The highest BCUT2D eigenvalue weighted by atomic mass is 16.5. The number of likely N-dealkylation sites (tertiary alicyclic amines) is 1. The van der Waals surface area contributed by atoms with Crippen LogP contribution in [0.2, 0.25) is 0 Å². The predicted octanol–water partition coefficient (Wildman–Crippen LogP) is 1.25. The monoisotopic (exact) mass is 256 g/mol. The van der Waals surface area contributed by atoms with Crippen molar-refractivity contribution in [2.24, 2.45) is 0 Å². The smallest absolute Gasteiger partial charge is 0.0971 e. The minimum Gasteiger partial charge on any atom is -0.377 e. The highest BCUT2D eigenvalue weighted by Gasteiger charge is 2.32. The van der Waals surface area contributed by atoms with Crippen molar-refractivity contribution < 1.29 is 9.47 Å². The summed E-state index contributed by atoms with van der Waals surface area (Å²) in [5.41, 5.74) is 0. The molecule has 2 aliphatic heterocycles. The molecule has 0 bridgehead atoms. The predicted molar refractivity (Wildman–Crippen MR) is 72.9 cm³/mol. The molecule has 0 aromatic heterocycles. The number of hydrogen-bond donors (Lipinski definition) is 1. The quantitative estimate of drug-likeness (QED) is 0.775. The fourth-order valence-corrected chi connectivity index (χ4v) is 3.19. The second-order valence-electron chi connectivity index (χ2n) is 5.60. The topological polar surface area (TPSA) is 33.7 Å². The summed E-state index contributed by atoms with van der Waals surface area (Å²) >= 11 is 0. The maximum atomic E-state index is 5.46. The molecule has 1 N–H and O–H groups in total. The number of methoxy groups -OCH3 is 2. The van der Waals surface area contributed by atoms with Crippen molar-refractivity contribution in [3.63, 3.8) is 0 Å². The van der Waals surface area contributed by atoms with Gasteiger partial charge in [0.2, 0.25) is 0 Å². The van der Waals surface area contributed by atoms with Gasteiger partial charge in [-0.05, 0) is 38.8 Å². The molecule has 2 saturated heterocycles. The largest absolute Gasteiger partial charge is 0.377 e. The molecule has 2 heterocycles. The zero-order chi connectivity index (χ0) is 12.8. The van der Waals surface area contributed by atoms with Crippen molar-refractivity contribution in [1.82, 2.24) is 10.2 Å². The molecule has 4 heteroatoms. The lowest BCUT2D eigenvalue weighted by Crippen LogP contribution is -2.34. The van der Waals surface area contributed by atoms with E-state index < -0.39 is 0 Å². The summed E-state index contributed by atoms with van der Waals surface area (Å²) in [5.74, 6) is 0. The number of piperidine rings is 1. The van der Waals surface area contributed by atoms with Gasteiger partial charge in [-0.2, -0.15) is 0 Å². The van der Waals surface area contributed by atoms with Crippen molar-refractivity contribution in [1.29, 1.82) is 0 Å². The first-order chi connectivity index (χ1) is 8.83. The Bertz CT molecular complexity index is 220. The first kappa shape index (κ1) is 14.3. The van der Waals surface area contributed by atoms with E-state index in [1.165, 1.54) is 45.2 Å². The molecule has 106 valence electrons. The van der Waals surface area contributed by atoms with Crippen LogP contribution in [0, 0.1) is 0 Å². The van der Waals surface area contributed by atoms with Crippen molar-refractivity contribution in [3.8, 4) is 0 Å². The zero-order valence-electron chi connectivity index (χ0n) is 11.9. The van der Waals surface area contributed by atoms with Gasteiger partial charge in [0.05, 0.1) is 12.2 Å². The van der Waals surface area contributed by atoms with Gasteiger partial charge in [-0.15, -0.1) is 0 Å². The number of nitrogens with one attached hydrogen (secondary N) is 1. The molecular weight excluding hydrogens is 228 g/mol. The molecule has 2 fully saturated rings. The Labute approximate surface area is 111 Å². The molecule has 0 aliphatic carbocycles.